The van der Waals surface area contributed by atoms with Gasteiger partial charge in [0.05, 0.1) is 6.04 Å². The molecule has 3 rings (SSSR count). The van der Waals surface area contributed by atoms with E-state index in [9.17, 15) is 17.6 Å². The molecular weight excluding hydrogens is 373 g/mol. The highest BCUT2D eigenvalue weighted by Crippen LogP contribution is 2.16. The number of nitrogens with one attached hydrogen (secondary N) is 1. The van der Waals surface area contributed by atoms with Crippen molar-refractivity contribution >= 4 is 21.9 Å². The zero-order valence-corrected chi connectivity index (χ0v) is 16.0. The third-order valence-electron chi connectivity index (χ3n) is 4.50. The first-order valence-electron chi connectivity index (χ1n) is 8.57. The predicted octanol–water partition coefficient (Wildman–Crippen LogP) is 0.575. The van der Waals surface area contributed by atoms with Gasteiger partial charge in [-0.2, -0.15) is 4.72 Å². The Morgan fingerprint density at radius 3 is 2.48 bits per heavy atom. The van der Waals surface area contributed by atoms with Gasteiger partial charge in [-0.3, -0.25) is 4.79 Å². The van der Waals surface area contributed by atoms with Crippen molar-refractivity contribution in [3.8, 4) is 0 Å². The van der Waals surface area contributed by atoms with Crippen LogP contribution in [0.5, 0.6) is 0 Å². The van der Waals surface area contributed by atoms with Crippen LogP contribution in [0.3, 0.4) is 0 Å². The first kappa shape index (κ1) is 19.3. The zero-order valence-electron chi connectivity index (χ0n) is 15.2. The number of halogens is 1. The number of carbonyl (C=O) groups excluding carboxylic acids is 1. The van der Waals surface area contributed by atoms with Crippen molar-refractivity contribution in [2.45, 2.75) is 17.9 Å². The molecule has 10 heteroatoms. The smallest absolute Gasteiger partial charge is 0.244 e. The molecule has 1 atom stereocenters. The van der Waals surface area contributed by atoms with E-state index in [2.05, 4.69) is 14.6 Å². The summed E-state index contributed by atoms with van der Waals surface area (Å²) in [5, 5.41) is 0. The van der Waals surface area contributed by atoms with Gasteiger partial charge in [0.15, 0.2) is 0 Å². The molecule has 1 saturated heterocycles. The second kappa shape index (κ2) is 7.65. The van der Waals surface area contributed by atoms with Gasteiger partial charge in [-0.1, -0.05) is 12.1 Å². The van der Waals surface area contributed by atoms with Crippen LogP contribution in [0, 0.1) is 5.82 Å². The highest BCUT2D eigenvalue weighted by Gasteiger charge is 2.29. The van der Waals surface area contributed by atoms with Gasteiger partial charge in [-0.15, -0.1) is 0 Å². The predicted molar refractivity (Wildman–Crippen MR) is 98.2 cm³/mol. The fourth-order valence-electron chi connectivity index (χ4n) is 3.07. The third kappa shape index (κ3) is 4.11. The van der Waals surface area contributed by atoms with E-state index in [1.807, 2.05) is 17.8 Å². The van der Waals surface area contributed by atoms with Crippen LogP contribution in [0.2, 0.25) is 0 Å². The summed E-state index contributed by atoms with van der Waals surface area (Å²) < 4.78 is 42.7. The summed E-state index contributed by atoms with van der Waals surface area (Å²) in [6.45, 7) is 3.58. The van der Waals surface area contributed by atoms with Gasteiger partial charge >= 0.3 is 0 Å². The minimum atomic E-state index is -4.12. The molecule has 0 radical (unpaired) electrons. The molecule has 0 bridgehead atoms. The number of rotatable bonds is 5. The molecule has 1 aromatic heterocycles. The highest BCUT2D eigenvalue weighted by molar-refractivity contribution is 7.89. The number of carbonyl (C=O) groups is 1. The lowest BCUT2D eigenvalue weighted by molar-refractivity contribution is -0.132. The van der Waals surface area contributed by atoms with E-state index in [-0.39, 0.29) is 5.91 Å². The Bertz CT molecular complexity index is 922. The van der Waals surface area contributed by atoms with Crippen molar-refractivity contribution in [2.24, 2.45) is 7.05 Å². The lowest BCUT2D eigenvalue weighted by atomic mass is 10.2. The minimum absolute atomic E-state index is 0.339. The summed E-state index contributed by atoms with van der Waals surface area (Å²) in [5.74, 6) is -0.363. The molecule has 2 heterocycles. The van der Waals surface area contributed by atoms with Crippen LogP contribution in [-0.4, -0.2) is 61.0 Å². The molecule has 1 aliphatic heterocycles. The fourth-order valence-corrected chi connectivity index (χ4v) is 4.35. The molecule has 1 aromatic carbocycles. The quantitative estimate of drug-likeness (QED) is 0.800. The molecule has 0 unspecified atom stereocenters. The average Bonchev–Trinajstić information content (AvgIpc) is 3.07. The first-order chi connectivity index (χ1) is 12.8. The van der Waals surface area contributed by atoms with Crippen LogP contribution < -0.4 is 9.62 Å². The van der Waals surface area contributed by atoms with Crippen molar-refractivity contribution in [2.75, 3.05) is 31.1 Å². The Morgan fingerprint density at radius 1 is 1.22 bits per heavy atom. The van der Waals surface area contributed by atoms with Crippen LogP contribution in [0.25, 0.3) is 0 Å². The highest BCUT2D eigenvalue weighted by atomic mass is 32.2. The van der Waals surface area contributed by atoms with Crippen LogP contribution in [-0.2, 0) is 21.9 Å². The van der Waals surface area contributed by atoms with E-state index in [0.29, 0.717) is 26.2 Å². The van der Waals surface area contributed by atoms with E-state index >= 15 is 0 Å². The monoisotopic (exact) mass is 395 g/mol. The van der Waals surface area contributed by atoms with Crippen LogP contribution >= 0.6 is 0 Å². The second-order valence-corrected chi connectivity index (χ2v) is 8.11. The largest absolute Gasteiger partial charge is 0.339 e. The maximum atomic E-state index is 13.8. The summed E-state index contributed by atoms with van der Waals surface area (Å²) in [4.78, 5) is 20.1. The van der Waals surface area contributed by atoms with Crippen molar-refractivity contribution in [1.29, 1.82) is 0 Å². The molecule has 0 aliphatic carbocycles. The van der Waals surface area contributed by atoms with Gasteiger partial charge in [0.1, 0.15) is 10.7 Å². The lowest BCUT2D eigenvalue weighted by Crippen LogP contribution is -2.54. The standard InChI is InChI=1S/C17H22FN5O3S/c1-13(20-27(25,26)15-6-4-3-5-14(15)18)16(24)22-9-11-23(12-10-22)17-19-7-8-21(17)2/h3-8,13,20H,9-12H2,1-2H3/t13-/m0/s1. The summed E-state index contributed by atoms with van der Waals surface area (Å²) in [6.07, 6.45) is 3.57. The Morgan fingerprint density at radius 2 is 1.89 bits per heavy atom. The van der Waals surface area contributed by atoms with E-state index in [0.717, 1.165) is 12.0 Å². The van der Waals surface area contributed by atoms with E-state index < -0.39 is 26.8 Å². The second-order valence-electron chi connectivity index (χ2n) is 6.42. The molecule has 2 aromatic rings. The van der Waals surface area contributed by atoms with E-state index in [1.165, 1.54) is 25.1 Å². The van der Waals surface area contributed by atoms with Gasteiger partial charge in [-0.05, 0) is 19.1 Å². The van der Waals surface area contributed by atoms with Crippen LogP contribution in [0.4, 0.5) is 10.3 Å². The van der Waals surface area contributed by atoms with E-state index in [4.69, 9.17) is 0 Å². The molecule has 1 amide bonds. The number of piperazine rings is 1. The van der Waals surface area contributed by atoms with Crippen LogP contribution in [0.15, 0.2) is 41.6 Å². The Balaban J connectivity index is 1.61. The number of aromatic nitrogens is 2. The number of nitrogens with zero attached hydrogens (tertiary/aromatic N) is 4. The number of hydrogen-bond donors (Lipinski definition) is 1. The molecular formula is C17H22FN5O3S. The topological polar surface area (TPSA) is 87.5 Å². The Hall–Kier alpha value is -2.46. The summed E-state index contributed by atoms with van der Waals surface area (Å²) >= 11 is 0. The van der Waals surface area contributed by atoms with Crippen molar-refractivity contribution in [3.05, 3.63) is 42.5 Å². The van der Waals surface area contributed by atoms with E-state index in [1.54, 1.807) is 11.1 Å². The molecule has 146 valence electrons. The van der Waals surface area contributed by atoms with Gasteiger partial charge < -0.3 is 14.4 Å². The van der Waals surface area contributed by atoms with Crippen molar-refractivity contribution in [3.63, 3.8) is 0 Å². The van der Waals surface area contributed by atoms with Gasteiger partial charge in [-0.25, -0.2) is 17.8 Å². The lowest BCUT2D eigenvalue weighted by Gasteiger charge is -2.36. The SMILES string of the molecule is C[C@H](NS(=O)(=O)c1ccccc1F)C(=O)N1CCN(c2nccn2C)CC1. The van der Waals surface area contributed by atoms with Crippen molar-refractivity contribution < 1.29 is 17.6 Å². The zero-order chi connectivity index (χ0) is 19.6. The number of aryl methyl sites for hydroxylation is 1. The average molecular weight is 395 g/mol. The number of anilines is 1. The summed E-state index contributed by atoms with van der Waals surface area (Å²) in [5.41, 5.74) is 0. The van der Waals surface area contributed by atoms with Crippen LogP contribution in [0.1, 0.15) is 6.92 Å². The maximum absolute atomic E-state index is 13.8. The van der Waals surface area contributed by atoms with Gasteiger partial charge in [0.2, 0.25) is 21.9 Å². The third-order valence-corrected chi connectivity index (χ3v) is 6.07. The maximum Gasteiger partial charge on any atom is 0.244 e. The van der Waals surface area contributed by atoms with Crippen molar-refractivity contribution in [1.82, 2.24) is 19.2 Å². The van der Waals surface area contributed by atoms with Gasteiger partial charge in [0, 0.05) is 45.6 Å². The minimum Gasteiger partial charge on any atom is -0.339 e. The first-order valence-corrected chi connectivity index (χ1v) is 10.1. The normalized spacial score (nSPS) is 16.4. The van der Waals surface area contributed by atoms with Gasteiger partial charge in [0.25, 0.3) is 0 Å². The Kier molecular flexibility index (Phi) is 5.47. The molecule has 8 nitrogen and oxygen atoms in total. The molecule has 0 spiro atoms. The molecule has 0 saturated carbocycles. The number of imidazole rings is 1. The molecule has 1 aliphatic rings. The molecule has 1 fully saturated rings. The molecule has 1 N–H and O–H groups in total. The number of hydrogen-bond acceptors (Lipinski definition) is 5. The summed E-state index contributed by atoms with van der Waals surface area (Å²) in [6, 6.07) is 4.08. The summed E-state index contributed by atoms with van der Waals surface area (Å²) in [7, 11) is -2.22. The molecule has 27 heavy (non-hydrogen) atoms. The Labute approximate surface area is 157 Å². The number of amides is 1. The number of benzene rings is 1. The fraction of sp³-hybridized carbons (Fsp3) is 0.412. The number of sulfonamides is 1.